The van der Waals surface area contributed by atoms with Crippen molar-refractivity contribution in [3.05, 3.63) is 35.4 Å². The Bertz CT molecular complexity index is 400. The molecule has 1 aliphatic rings. The number of carbonyl (C=O) groups is 1. The van der Waals surface area contributed by atoms with E-state index in [9.17, 15) is 4.79 Å². The topological polar surface area (TPSA) is 38.8 Å². The van der Waals surface area contributed by atoms with E-state index in [1.54, 1.807) is 7.11 Å². The van der Waals surface area contributed by atoms with Gasteiger partial charge in [0.1, 0.15) is 0 Å². The van der Waals surface area contributed by atoms with Crippen LogP contribution in [0.3, 0.4) is 0 Å². The van der Waals surface area contributed by atoms with Crippen LogP contribution in [0.2, 0.25) is 0 Å². The molecule has 2 rings (SSSR count). The first kappa shape index (κ1) is 13.1. The monoisotopic (exact) mass is 249 g/mol. The number of aryl methyl sites for hydroxylation is 1. The highest BCUT2D eigenvalue weighted by atomic mass is 16.5. The molecule has 0 radical (unpaired) electrons. The molecule has 1 amide bonds. The number of hydrogen-bond acceptors (Lipinski definition) is 3. The number of ether oxygens (including phenoxy) is 2. The Labute approximate surface area is 107 Å². The fourth-order valence-electron chi connectivity index (χ4n) is 2.11. The van der Waals surface area contributed by atoms with E-state index in [1.807, 2.05) is 36.1 Å². The molecule has 4 nitrogen and oxygen atoms in total. The predicted molar refractivity (Wildman–Crippen MR) is 68.7 cm³/mol. The van der Waals surface area contributed by atoms with Crippen LogP contribution in [0.1, 0.15) is 15.9 Å². The third-order valence-electron chi connectivity index (χ3n) is 3.15. The Balaban J connectivity index is 2.12. The van der Waals surface area contributed by atoms with Crippen molar-refractivity contribution in [2.45, 2.75) is 13.0 Å². The average molecular weight is 249 g/mol. The molecule has 0 bridgehead atoms. The van der Waals surface area contributed by atoms with E-state index in [-0.39, 0.29) is 11.9 Å². The van der Waals surface area contributed by atoms with Crippen LogP contribution < -0.4 is 0 Å². The molecule has 1 aromatic rings. The molecule has 0 spiro atoms. The lowest BCUT2D eigenvalue weighted by atomic mass is 10.1. The molecule has 1 fully saturated rings. The van der Waals surface area contributed by atoms with Crippen LogP contribution in [0.15, 0.2) is 24.3 Å². The van der Waals surface area contributed by atoms with Gasteiger partial charge >= 0.3 is 0 Å². The summed E-state index contributed by atoms with van der Waals surface area (Å²) in [4.78, 5) is 14.3. The normalized spacial score (nSPS) is 19.9. The molecule has 0 aliphatic carbocycles. The van der Waals surface area contributed by atoms with Gasteiger partial charge in [0.15, 0.2) is 0 Å². The van der Waals surface area contributed by atoms with Gasteiger partial charge in [0, 0.05) is 19.2 Å². The molecule has 0 aromatic heterocycles. The van der Waals surface area contributed by atoms with E-state index < -0.39 is 0 Å². The zero-order chi connectivity index (χ0) is 13.0. The Morgan fingerprint density at radius 3 is 2.83 bits per heavy atom. The number of benzene rings is 1. The molecule has 1 heterocycles. The van der Waals surface area contributed by atoms with Crippen LogP contribution in [0.4, 0.5) is 0 Å². The summed E-state index contributed by atoms with van der Waals surface area (Å²) in [5, 5.41) is 0. The highest BCUT2D eigenvalue weighted by Crippen LogP contribution is 2.13. The van der Waals surface area contributed by atoms with Gasteiger partial charge in [-0.2, -0.15) is 0 Å². The third-order valence-corrected chi connectivity index (χ3v) is 3.15. The second-order valence-electron chi connectivity index (χ2n) is 4.55. The molecule has 0 N–H and O–H groups in total. The lowest BCUT2D eigenvalue weighted by molar-refractivity contribution is -0.0251. The summed E-state index contributed by atoms with van der Waals surface area (Å²) < 4.78 is 10.5. The summed E-state index contributed by atoms with van der Waals surface area (Å²) in [6.45, 7) is 4.29. The van der Waals surface area contributed by atoms with Gasteiger partial charge in [0.25, 0.3) is 5.91 Å². The standard InChI is InChI=1S/C14H19NO3/c1-11-3-5-12(6-4-11)14(16)15-7-8-18-10-13(15)9-17-2/h3-6,13H,7-10H2,1-2H3. The number of hydrogen-bond donors (Lipinski definition) is 0. The Hall–Kier alpha value is -1.39. The van der Waals surface area contributed by atoms with E-state index in [2.05, 4.69) is 0 Å². The fraction of sp³-hybridized carbons (Fsp3) is 0.500. The van der Waals surface area contributed by atoms with Crippen molar-refractivity contribution < 1.29 is 14.3 Å². The number of nitrogens with zero attached hydrogens (tertiary/aromatic N) is 1. The molecular weight excluding hydrogens is 230 g/mol. The van der Waals surface area contributed by atoms with E-state index in [4.69, 9.17) is 9.47 Å². The minimum Gasteiger partial charge on any atom is -0.382 e. The number of morpholine rings is 1. The molecule has 1 saturated heterocycles. The van der Waals surface area contributed by atoms with Gasteiger partial charge in [0.2, 0.25) is 0 Å². The van der Waals surface area contributed by atoms with Gasteiger partial charge in [-0.25, -0.2) is 0 Å². The molecular formula is C14H19NO3. The van der Waals surface area contributed by atoms with Crippen molar-refractivity contribution in [1.29, 1.82) is 0 Å². The van der Waals surface area contributed by atoms with Crippen LogP contribution in [0.5, 0.6) is 0 Å². The van der Waals surface area contributed by atoms with Crippen molar-refractivity contribution in [2.75, 3.05) is 33.5 Å². The smallest absolute Gasteiger partial charge is 0.254 e. The molecule has 1 atom stereocenters. The number of methoxy groups -OCH3 is 1. The van der Waals surface area contributed by atoms with E-state index >= 15 is 0 Å². The highest BCUT2D eigenvalue weighted by molar-refractivity contribution is 5.94. The van der Waals surface area contributed by atoms with Crippen LogP contribution >= 0.6 is 0 Å². The quantitative estimate of drug-likeness (QED) is 0.814. The first-order chi connectivity index (χ1) is 8.72. The first-order valence-corrected chi connectivity index (χ1v) is 6.16. The van der Waals surface area contributed by atoms with Crippen LogP contribution in [0.25, 0.3) is 0 Å². The summed E-state index contributed by atoms with van der Waals surface area (Å²) in [5.41, 5.74) is 1.88. The summed E-state index contributed by atoms with van der Waals surface area (Å²) in [7, 11) is 1.64. The molecule has 1 aromatic carbocycles. The van der Waals surface area contributed by atoms with Crippen molar-refractivity contribution in [2.24, 2.45) is 0 Å². The zero-order valence-corrected chi connectivity index (χ0v) is 10.9. The van der Waals surface area contributed by atoms with Gasteiger partial charge in [-0.3, -0.25) is 4.79 Å². The second kappa shape index (κ2) is 5.98. The maximum absolute atomic E-state index is 12.4. The van der Waals surface area contributed by atoms with Crippen molar-refractivity contribution in [3.8, 4) is 0 Å². The Morgan fingerprint density at radius 1 is 1.44 bits per heavy atom. The van der Waals surface area contributed by atoms with Crippen LogP contribution in [-0.4, -0.2) is 50.3 Å². The van der Waals surface area contributed by atoms with Crippen molar-refractivity contribution in [3.63, 3.8) is 0 Å². The van der Waals surface area contributed by atoms with Gasteiger partial charge in [0.05, 0.1) is 25.9 Å². The van der Waals surface area contributed by atoms with Gasteiger partial charge in [-0.15, -0.1) is 0 Å². The van der Waals surface area contributed by atoms with Crippen molar-refractivity contribution >= 4 is 5.91 Å². The summed E-state index contributed by atoms with van der Waals surface area (Å²) in [6.07, 6.45) is 0. The molecule has 1 unspecified atom stereocenters. The maximum atomic E-state index is 12.4. The third kappa shape index (κ3) is 2.89. The summed E-state index contributed by atoms with van der Waals surface area (Å²) >= 11 is 0. The van der Waals surface area contributed by atoms with E-state index in [0.29, 0.717) is 26.4 Å². The first-order valence-electron chi connectivity index (χ1n) is 6.16. The number of rotatable bonds is 3. The summed E-state index contributed by atoms with van der Waals surface area (Å²) in [5.74, 6) is 0.0559. The highest BCUT2D eigenvalue weighted by Gasteiger charge is 2.27. The largest absolute Gasteiger partial charge is 0.382 e. The Morgan fingerprint density at radius 2 is 2.17 bits per heavy atom. The Kier molecular flexibility index (Phi) is 4.33. The molecule has 1 aliphatic heterocycles. The lowest BCUT2D eigenvalue weighted by Gasteiger charge is -2.35. The van der Waals surface area contributed by atoms with Gasteiger partial charge in [-0.1, -0.05) is 17.7 Å². The molecule has 4 heteroatoms. The van der Waals surface area contributed by atoms with Crippen LogP contribution in [0, 0.1) is 6.92 Å². The molecule has 98 valence electrons. The molecule has 0 saturated carbocycles. The fourth-order valence-corrected chi connectivity index (χ4v) is 2.11. The number of amides is 1. The number of carbonyl (C=O) groups excluding carboxylic acids is 1. The van der Waals surface area contributed by atoms with Gasteiger partial charge < -0.3 is 14.4 Å². The zero-order valence-electron chi connectivity index (χ0n) is 10.9. The van der Waals surface area contributed by atoms with E-state index in [1.165, 1.54) is 0 Å². The SMILES string of the molecule is COCC1COCCN1C(=O)c1ccc(C)cc1. The lowest BCUT2D eigenvalue weighted by Crippen LogP contribution is -2.50. The van der Waals surface area contributed by atoms with Gasteiger partial charge in [-0.05, 0) is 19.1 Å². The predicted octanol–water partition coefficient (Wildman–Crippen LogP) is 1.48. The summed E-state index contributed by atoms with van der Waals surface area (Å²) in [6, 6.07) is 7.67. The minimum absolute atomic E-state index is 0.0116. The average Bonchev–Trinajstić information content (AvgIpc) is 2.40. The van der Waals surface area contributed by atoms with Crippen LogP contribution in [-0.2, 0) is 9.47 Å². The maximum Gasteiger partial charge on any atom is 0.254 e. The minimum atomic E-state index is 0.0116. The molecule has 18 heavy (non-hydrogen) atoms. The van der Waals surface area contributed by atoms with E-state index in [0.717, 1.165) is 11.1 Å². The van der Waals surface area contributed by atoms with Crippen molar-refractivity contribution in [1.82, 2.24) is 4.90 Å². The second-order valence-corrected chi connectivity index (χ2v) is 4.55.